The van der Waals surface area contributed by atoms with Gasteiger partial charge in [0.1, 0.15) is 6.33 Å². The Hall–Kier alpha value is -3.88. The fraction of sp³-hybridized carbons (Fsp3) is 0.0588. The lowest BCUT2D eigenvalue weighted by Gasteiger charge is -2.09. The average molecular weight is 349 g/mol. The average Bonchev–Trinajstić information content (AvgIpc) is 2.98. The quantitative estimate of drug-likeness (QED) is 0.512. The van der Waals surface area contributed by atoms with Crippen LogP contribution in [0.5, 0.6) is 11.5 Å². The predicted molar refractivity (Wildman–Crippen MR) is 96.8 cm³/mol. The minimum absolute atomic E-state index is 0.0108. The molecule has 2 aromatic heterocycles. The Balaban J connectivity index is 1.71. The molecule has 4 rings (SSSR count). The van der Waals surface area contributed by atoms with Gasteiger partial charge in [0.25, 0.3) is 0 Å². The van der Waals surface area contributed by atoms with E-state index in [4.69, 9.17) is 10.5 Å². The molecule has 0 spiro atoms. The van der Waals surface area contributed by atoms with E-state index < -0.39 is 0 Å². The van der Waals surface area contributed by atoms with Crippen molar-refractivity contribution in [3.8, 4) is 17.4 Å². The molecular weight excluding hydrogens is 334 g/mol. The van der Waals surface area contributed by atoms with Gasteiger partial charge in [-0.05, 0) is 24.3 Å². The Bertz CT molecular complexity index is 1090. The SMILES string of the molecule is COc1ccc(Nc2ncnc(-n3c(N)nc4ccccc43)n2)cc1O. The first-order chi connectivity index (χ1) is 12.7. The number of methoxy groups -OCH3 is 1. The molecule has 2 aromatic carbocycles. The minimum Gasteiger partial charge on any atom is -0.504 e. The lowest BCUT2D eigenvalue weighted by atomic mass is 10.3. The molecule has 4 N–H and O–H groups in total. The van der Waals surface area contributed by atoms with Crippen LogP contribution in [0.15, 0.2) is 48.8 Å². The fourth-order valence-electron chi connectivity index (χ4n) is 2.61. The second-order valence-corrected chi connectivity index (χ2v) is 5.41. The highest BCUT2D eigenvalue weighted by Crippen LogP contribution is 2.29. The van der Waals surface area contributed by atoms with E-state index in [0.717, 1.165) is 11.0 Å². The molecule has 2 heterocycles. The third-order valence-corrected chi connectivity index (χ3v) is 3.78. The van der Waals surface area contributed by atoms with Crippen molar-refractivity contribution in [3.05, 3.63) is 48.8 Å². The summed E-state index contributed by atoms with van der Waals surface area (Å²) in [4.78, 5) is 17.0. The summed E-state index contributed by atoms with van der Waals surface area (Å²) in [7, 11) is 1.49. The zero-order valence-electron chi connectivity index (χ0n) is 13.8. The van der Waals surface area contributed by atoms with Crippen LogP contribution in [0.2, 0.25) is 0 Å². The van der Waals surface area contributed by atoms with Crippen molar-refractivity contribution in [3.63, 3.8) is 0 Å². The van der Waals surface area contributed by atoms with Gasteiger partial charge in [-0.25, -0.2) is 19.5 Å². The normalized spacial score (nSPS) is 10.8. The number of anilines is 3. The number of nitrogens with one attached hydrogen (secondary N) is 1. The third kappa shape index (κ3) is 2.71. The zero-order valence-corrected chi connectivity index (χ0v) is 13.8. The molecule has 9 heteroatoms. The van der Waals surface area contributed by atoms with Crippen molar-refractivity contribution in [1.29, 1.82) is 0 Å². The highest BCUT2D eigenvalue weighted by molar-refractivity contribution is 5.80. The number of benzene rings is 2. The van der Waals surface area contributed by atoms with Gasteiger partial charge in [-0.3, -0.25) is 0 Å². The summed E-state index contributed by atoms with van der Waals surface area (Å²) >= 11 is 0. The van der Waals surface area contributed by atoms with Crippen LogP contribution in [0, 0.1) is 0 Å². The van der Waals surface area contributed by atoms with Crippen LogP contribution in [0.25, 0.3) is 17.0 Å². The summed E-state index contributed by atoms with van der Waals surface area (Å²) in [6.45, 7) is 0. The van der Waals surface area contributed by atoms with Gasteiger partial charge in [-0.1, -0.05) is 12.1 Å². The minimum atomic E-state index is 0.0108. The summed E-state index contributed by atoms with van der Waals surface area (Å²) in [6, 6.07) is 12.4. The standard InChI is InChI=1S/C17H15N7O2/c1-26-14-7-6-10(8-13(14)25)21-16-19-9-20-17(23-16)24-12-5-3-2-4-11(12)22-15(24)18/h2-9,25H,1H3,(H2,18,22)(H,19,20,21,23). The molecule has 0 unspecified atom stereocenters. The topological polar surface area (TPSA) is 124 Å². The molecule has 9 nitrogen and oxygen atoms in total. The van der Waals surface area contributed by atoms with Gasteiger partial charge in [0, 0.05) is 11.8 Å². The molecule has 0 fully saturated rings. The largest absolute Gasteiger partial charge is 0.504 e. The van der Waals surface area contributed by atoms with E-state index in [2.05, 4.69) is 25.3 Å². The highest BCUT2D eigenvalue weighted by atomic mass is 16.5. The molecular formula is C17H15N7O2. The number of aromatic nitrogens is 5. The van der Waals surface area contributed by atoms with Gasteiger partial charge in [-0.15, -0.1) is 0 Å². The number of nitrogen functional groups attached to an aromatic ring is 1. The molecule has 4 aromatic rings. The molecule has 0 aliphatic carbocycles. The first kappa shape index (κ1) is 15.6. The Morgan fingerprint density at radius 2 is 1.96 bits per heavy atom. The smallest absolute Gasteiger partial charge is 0.241 e. The first-order valence-electron chi connectivity index (χ1n) is 7.72. The Morgan fingerprint density at radius 1 is 1.12 bits per heavy atom. The van der Waals surface area contributed by atoms with Crippen molar-refractivity contribution in [1.82, 2.24) is 24.5 Å². The fourth-order valence-corrected chi connectivity index (χ4v) is 2.61. The molecule has 0 bridgehead atoms. The number of para-hydroxylation sites is 2. The van der Waals surface area contributed by atoms with Crippen LogP contribution in [0.4, 0.5) is 17.6 Å². The van der Waals surface area contributed by atoms with E-state index in [0.29, 0.717) is 23.3 Å². The second kappa shape index (κ2) is 6.20. The van der Waals surface area contributed by atoms with E-state index in [1.807, 2.05) is 24.3 Å². The Kier molecular flexibility index (Phi) is 3.73. The number of hydrogen-bond donors (Lipinski definition) is 3. The molecule has 0 saturated heterocycles. The van der Waals surface area contributed by atoms with Gasteiger partial charge < -0.3 is 20.9 Å². The number of ether oxygens (including phenoxy) is 1. The predicted octanol–water partition coefficient (Wildman–Crippen LogP) is 2.25. The number of fused-ring (bicyclic) bond motifs is 1. The molecule has 0 amide bonds. The number of hydrogen-bond acceptors (Lipinski definition) is 8. The lowest BCUT2D eigenvalue weighted by molar-refractivity contribution is 0.373. The number of nitrogens with two attached hydrogens (primary N) is 1. The number of aromatic hydroxyl groups is 1. The van der Waals surface area contributed by atoms with Gasteiger partial charge in [-0.2, -0.15) is 4.98 Å². The molecule has 0 radical (unpaired) electrons. The summed E-state index contributed by atoms with van der Waals surface area (Å²) in [5.74, 6) is 1.31. The molecule has 0 atom stereocenters. The number of imidazole rings is 1. The van der Waals surface area contributed by atoms with Crippen LogP contribution < -0.4 is 15.8 Å². The van der Waals surface area contributed by atoms with E-state index in [-0.39, 0.29) is 11.7 Å². The summed E-state index contributed by atoms with van der Waals surface area (Å²) in [6.07, 6.45) is 1.38. The van der Waals surface area contributed by atoms with E-state index in [1.54, 1.807) is 16.7 Å². The van der Waals surface area contributed by atoms with Crippen LogP contribution in [-0.4, -0.2) is 36.7 Å². The Labute approximate surface area is 148 Å². The third-order valence-electron chi connectivity index (χ3n) is 3.78. The van der Waals surface area contributed by atoms with E-state index >= 15 is 0 Å². The highest BCUT2D eigenvalue weighted by Gasteiger charge is 2.13. The zero-order chi connectivity index (χ0) is 18.1. The lowest BCUT2D eigenvalue weighted by Crippen LogP contribution is -2.08. The van der Waals surface area contributed by atoms with Crippen molar-refractivity contribution in [2.24, 2.45) is 0 Å². The second-order valence-electron chi connectivity index (χ2n) is 5.41. The van der Waals surface area contributed by atoms with Gasteiger partial charge in [0.15, 0.2) is 11.5 Å². The first-order valence-corrected chi connectivity index (χ1v) is 7.72. The van der Waals surface area contributed by atoms with Gasteiger partial charge in [0.2, 0.25) is 17.8 Å². The van der Waals surface area contributed by atoms with Crippen LogP contribution in [-0.2, 0) is 0 Å². The summed E-state index contributed by atoms with van der Waals surface area (Å²) in [5, 5.41) is 12.9. The van der Waals surface area contributed by atoms with Gasteiger partial charge >= 0.3 is 0 Å². The van der Waals surface area contributed by atoms with Gasteiger partial charge in [0.05, 0.1) is 18.1 Å². The monoisotopic (exact) mass is 349 g/mol. The van der Waals surface area contributed by atoms with Crippen LogP contribution in [0.1, 0.15) is 0 Å². The summed E-state index contributed by atoms with van der Waals surface area (Å²) in [5.41, 5.74) is 8.17. The molecule has 130 valence electrons. The number of rotatable bonds is 4. The van der Waals surface area contributed by atoms with E-state index in [9.17, 15) is 5.11 Å². The van der Waals surface area contributed by atoms with Crippen LogP contribution >= 0.6 is 0 Å². The van der Waals surface area contributed by atoms with Crippen molar-refractivity contribution in [2.45, 2.75) is 0 Å². The molecule has 26 heavy (non-hydrogen) atoms. The maximum absolute atomic E-state index is 9.88. The van der Waals surface area contributed by atoms with Crippen molar-refractivity contribution in [2.75, 3.05) is 18.2 Å². The molecule has 0 saturated carbocycles. The maximum atomic E-state index is 9.88. The molecule has 0 aliphatic rings. The van der Waals surface area contributed by atoms with Crippen molar-refractivity contribution < 1.29 is 9.84 Å². The summed E-state index contributed by atoms with van der Waals surface area (Å²) < 4.78 is 6.68. The molecule has 0 aliphatic heterocycles. The van der Waals surface area contributed by atoms with Crippen LogP contribution in [0.3, 0.4) is 0 Å². The maximum Gasteiger partial charge on any atom is 0.241 e. The van der Waals surface area contributed by atoms with E-state index in [1.165, 1.54) is 19.5 Å². The number of phenolic OH excluding ortho intramolecular Hbond substituents is 1. The van der Waals surface area contributed by atoms with Crippen molar-refractivity contribution >= 4 is 28.6 Å². The number of phenols is 1. The number of nitrogens with zero attached hydrogens (tertiary/aromatic N) is 5. The Morgan fingerprint density at radius 3 is 2.77 bits per heavy atom.